The summed E-state index contributed by atoms with van der Waals surface area (Å²) in [5.74, 6) is -1.90. The molecule has 0 bridgehead atoms. The van der Waals surface area contributed by atoms with E-state index in [1.807, 2.05) is 13.8 Å². The minimum Gasteiger partial charge on any atom is -0.507 e. The molecule has 4 N–H and O–H groups in total. The average molecular weight is 355 g/mol. The molecular formula is C18H17N3O5. The summed E-state index contributed by atoms with van der Waals surface area (Å²) in [5, 5.41) is 24.6. The second kappa shape index (κ2) is 6.14. The Morgan fingerprint density at radius 1 is 1.12 bits per heavy atom. The van der Waals surface area contributed by atoms with E-state index in [0.717, 1.165) is 18.6 Å². The van der Waals surface area contributed by atoms with Crippen LogP contribution in [-0.4, -0.2) is 27.6 Å². The van der Waals surface area contributed by atoms with Gasteiger partial charge in [0.1, 0.15) is 11.3 Å². The van der Waals surface area contributed by atoms with Crippen molar-refractivity contribution in [2.45, 2.75) is 26.3 Å². The maximum Gasteiger partial charge on any atom is 0.281 e. The third-order valence-corrected chi connectivity index (χ3v) is 4.52. The van der Waals surface area contributed by atoms with Gasteiger partial charge in [-0.05, 0) is 31.5 Å². The molecule has 8 heteroatoms. The number of phenols is 1. The monoisotopic (exact) mass is 355 g/mol. The molecule has 1 aliphatic carbocycles. The minimum atomic E-state index is -0.758. The Balaban J connectivity index is 2.33. The predicted molar refractivity (Wildman–Crippen MR) is 95.9 cm³/mol. The van der Waals surface area contributed by atoms with Crippen molar-refractivity contribution in [3.63, 3.8) is 0 Å². The zero-order valence-corrected chi connectivity index (χ0v) is 14.2. The highest BCUT2D eigenvalue weighted by Crippen LogP contribution is 2.42. The van der Waals surface area contributed by atoms with Crippen LogP contribution in [0.5, 0.6) is 5.75 Å². The van der Waals surface area contributed by atoms with E-state index in [2.05, 4.69) is 5.32 Å². The summed E-state index contributed by atoms with van der Waals surface area (Å²) in [6.45, 7) is 3.87. The minimum absolute atomic E-state index is 0.0192. The topological polar surface area (TPSA) is 136 Å². The Hall–Kier alpha value is -3.42. The van der Waals surface area contributed by atoms with Crippen molar-refractivity contribution in [1.82, 2.24) is 0 Å². The van der Waals surface area contributed by atoms with Gasteiger partial charge in [0.05, 0.1) is 21.6 Å². The molecule has 134 valence electrons. The lowest BCUT2D eigenvalue weighted by molar-refractivity contribution is -0.385. The van der Waals surface area contributed by atoms with Gasteiger partial charge in [-0.25, -0.2) is 0 Å². The summed E-state index contributed by atoms with van der Waals surface area (Å²) in [6, 6.07) is 5.13. The number of nitrogens with one attached hydrogen (secondary N) is 1. The Bertz CT molecular complexity index is 968. The number of carbonyl (C=O) groups excluding carboxylic acids is 2. The fourth-order valence-corrected chi connectivity index (χ4v) is 3.03. The van der Waals surface area contributed by atoms with E-state index in [4.69, 9.17) is 5.73 Å². The van der Waals surface area contributed by atoms with Crippen LogP contribution in [0.25, 0.3) is 0 Å². The fourth-order valence-electron chi connectivity index (χ4n) is 3.03. The van der Waals surface area contributed by atoms with Gasteiger partial charge in [-0.15, -0.1) is 0 Å². The predicted octanol–water partition coefficient (Wildman–Crippen LogP) is 2.87. The van der Waals surface area contributed by atoms with Gasteiger partial charge in [0, 0.05) is 23.5 Å². The second-order valence-electron chi connectivity index (χ2n) is 6.18. The van der Waals surface area contributed by atoms with Gasteiger partial charge in [-0.3, -0.25) is 19.7 Å². The van der Waals surface area contributed by atoms with E-state index in [9.17, 15) is 24.8 Å². The zero-order chi connectivity index (χ0) is 19.2. The molecule has 26 heavy (non-hydrogen) atoms. The van der Waals surface area contributed by atoms with Crippen LogP contribution in [-0.2, 0) is 0 Å². The van der Waals surface area contributed by atoms with Crippen molar-refractivity contribution in [2.24, 2.45) is 0 Å². The van der Waals surface area contributed by atoms with Crippen LogP contribution < -0.4 is 11.1 Å². The van der Waals surface area contributed by atoms with Gasteiger partial charge >= 0.3 is 0 Å². The number of carbonyl (C=O) groups is 2. The van der Waals surface area contributed by atoms with Crippen molar-refractivity contribution in [3.8, 4) is 5.75 Å². The number of nitro benzene ring substituents is 1. The summed E-state index contributed by atoms with van der Waals surface area (Å²) in [7, 11) is 0. The smallest absolute Gasteiger partial charge is 0.281 e. The summed E-state index contributed by atoms with van der Waals surface area (Å²) in [5.41, 5.74) is 4.98. The van der Waals surface area contributed by atoms with Gasteiger partial charge < -0.3 is 16.2 Å². The van der Waals surface area contributed by atoms with Crippen LogP contribution >= 0.6 is 0 Å². The molecule has 0 fully saturated rings. The zero-order valence-electron chi connectivity index (χ0n) is 14.2. The van der Waals surface area contributed by atoms with Crippen molar-refractivity contribution in [1.29, 1.82) is 0 Å². The van der Waals surface area contributed by atoms with E-state index >= 15 is 0 Å². The van der Waals surface area contributed by atoms with Gasteiger partial charge in [0.2, 0.25) is 11.6 Å². The number of rotatable bonds is 4. The lowest BCUT2D eigenvalue weighted by Gasteiger charge is -2.24. The lowest BCUT2D eigenvalue weighted by atomic mass is 9.81. The van der Waals surface area contributed by atoms with E-state index in [1.165, 1.54) is 6.07 Å². The first-order valence-corrected chi connectivity index (χ1v) is 8.06. The number of benzene rings is 2. The number of aromatic hydroxyl groups is 1. The molecule has 0 aromatic heterocycles. The molecule has 0 radical (unpaired) electrons. The van der Waals surface area contributed by atoms with Crippen LogP contribution in [0.1, 0.15) is 52.1 Å². The van der Waals surface area contributed by atoms with Crippen LogP contribution in [0.4, 0.5) is 17.1 Å². The SMILES string of the molecule is CCC(C)Nc1ccc(N)c2c1C(=O)c1c(O)ccc([N+](=O)[O-])c1C2=O. The number of nitrogens with zero attached hydrogens (tertiary/aromatic N) is 1. The van der Waals surface area contributed by atoms with Gasteiger partial charge in [0.15, 0.2) is 0 Å². The molecule has 2 aromatic rings. The Morgan fingerprint density at radius 3 is 2.38 bits per heavy atom. The number of nitrogens with two attached hydrogens (primary N) is 1. The molecule has 1 unspecified atom stereocenters. The van der Waals surface area contributed by atoms with Crippen LogP contribution in [0.15, 0.2) is 24.3 Å². The largest absolute Gasteiger partial charge is 0.507 e. The number of hydrogen-bond acceptors (Lipinski definition) is 7. The first kappa shape index (κ1) is 17.4. The van der Waals surface area contributed by atoms with Crippen molar-refractivity contribution in [2.75, 3.05) is 11.1 Å². The van der Waals surface area contributed by atoms with Crippen molar-refractivity contribution in [3.05, 3.63) is 56.6 Å². The number of fused-ring (bicyclic) bond motifs is 2. The van der Waals surface area contributed by atoms with Crippen molar-refractivity contribution >= 4 is 28.6 Å². The first-order valence-electron chi connectivity index (χ1n) is 8.06. The number of anilines is 2. The summed E-state index contributed by atoms with van der Waals surface area (Å²) < 4.78 is 0. The Labute approximate surface area is 148 Å². The number of hydrogen-bond donors (Lipinski definition) is 3. The van der Waals surface area contributed by atoms with Crippen molar-refractivity contribution < 1.29 is 19.6 Å². The second-order valence-corrected chi connectivity index (χ2v) is 6.18. The number of ketones is 2. The van der Waals surface area contributed by atoms with Crippen LogP contribution in [0.2, 0.25) is 0 Å². The third kappa shape index (κ3) is 2.46. The molecule has 3 rings (SSSR count). The molecule has 0 aliphatic heterocycles. The molecule has 0 amide bonds. The van der Waals surface area contributed by atoms with Gasteiger partial charge in [-0.1, -0.05) is 6.92 Å². The fraction of sp³-hybridized carbons (Fsp3) is 0.222. The molecule has 0 spiro atoms. The normalized spacial score (nSPS) is 13.8. The highest BCUT2D eigenvalue weighted by molar-refractivity contribution is 6.33. The number of nitro groups is 1. The van der Waals surface area contributed by atoms with Crippen LogP contribution in [0.3, 0.4) is 0 Å². The van der Waals surface area contributed by atoms with Gasteiger partial charge in [-0.2, -0.15) is 0 Å². The molecular weight excluding hydrogens is 338 g/mol. The quantitative estimate of drug-likeness (QED) is 0.372. The molecule has 0 heterocycles. The summed E-state index contributed by atoms with van der Waals surface area (Å²) in [4.78, 5) is 36.6. The molecule has 1 atom stereocenters. The van der Waals surface area contributed by atoms with Crippen LogP contribution in [0, 0.1) is 10.1 Å². The lowest BCUT2D eigenvalue weighted by Crippen LogP contribution is -2.26. The Kier molecular flexibility index (Phi) is 4.11. The number of nitrogen functional groups attached to an aromatic ring is 1. The number of phenolic OH excluding ortho intramolecular Hbond substituents is 1. The molecule has 8 nitrogen and oxygen atoms in total. The average Bonchev–Trinajstić information content (AvgIpc) is 2.60. The molecule has 2 aromatic carbocycles. The maximum atomic E-state index is 13.1. The highest BCUT2D eigenvalue weighted by atomic mass is 16.6. The highest BCUT2D eigenvalue weighted by Gasteiger charge is 2.40. The van der Waals surface area contributed by atoms with Gasteiger partial charge in [0.25, 0.3) is 5.69 Å². The van der Waals surface area contributed by atoms with E-state index in [0.29, 0.717) is 5.69 Å². The third-order valence-electron chi connectivity index (χ3n) is 4.52. The first-order chi connectivity index (χ1) is 12.3. The van der Waals surface area contributed by atoms with E-state index in [1.54, 1.807) is 6.07 Å². The molecule has 0 saturated carbocycles. The maximum absolute atomic E-state index is 13.1. The van der Waals surface area contributed by atoms with E-state index < -0.39 is 33.5 Å². The summed E-state index contributed by atoms with van der Waals surface area (Å²) >= 11 is 0. The Morgan fingerprint density at radius 2 is 1.77 bits per heavy atom. The van der Waals surface area contributed by atoms with E-state index in [-0.39, 0.29) is 28.4 Å². The standard InChI is InChI=1S/C18H17N3O5/c1-3-8(2)20-10-5-4-9(19)13-14(10)18(24)16-12(22)7-6-11(21(25)26)15(16)17(13)23/h4-8,20,22H,3,19H2,1-2H3. The summed E-state index contributed by atoms with van der Waals surface area (Å²) in [6.07, 6.45) is 0.772. The molecule has 1 aliphatic rings. The molecule has 0 saturated heterocycles.